The normalized spacial score (nSPS) is 20.4. The van der Waals surface area contributed by atoms with Gasteiger partial charge in [-0.1, -0.05) is 19.9 Å². The van der Waals surface area contributed by atoms with Gasteiger partial charge in [0.15, 0.2) is 5.78 Å². The van der Waals surface area contributed by atoms with Crippen LogP contribution in [-0.4, -0.2) is 10.8 Å². The third-order valence-electron chi connectivity index (χ3n) is 2.94. The fourth-order valence-electron chi connectivity index (χ4n) is 2.02. The predicted octanol–water partition coefficient (Wildman–Crippen LogP) is 2.77. The predicted molar refractivity (Wildman–Crippen MR) is 64.0 cm³/mol. The van der Waals surface area contributed by atoms with Crippen LogP contribution in [0.4, 0.5) is 5.82 Å². The van der Waals surface area contributed by atoms with E-state index in [0.29, 0.717) is 0 Å². The lowest BCUT2D eigenvalue weighted by molar-refractivity contribution is -0.117. The minimum Gasteiger partial charge on any atom is -0.337 e. The maximum Gasteiger partial charge on any atom is 0.182 e. The Labute approximate surface area is 95.6 Å². The van der Waals surface area contributed by atoms with Crippen molar-refractivity contribution in [3.63, 3.8) is 0 Å². The summed E-state index contributed by atoms with van der Waals surface area (Å²) < 4.78 is 0. The van der Waals surface area contributed by atoms with E-state index in [1.54, 1.807) is 6.20 Å². The standard InChI is InChI=1S/C13H16N2O/c1-3-10-8-9(2)13(16)12(10)15-11-6-4-5-7-14-11/h4-7,9H,3,8H2,1-2H3,(H,14,15). The zero-order valence-electron chi connectivity index (χ0n) is 9.66. The molecule has 0 fully saturated rings. The van der Waals surface area contributed by atoms with E-state index in [9.17, 15) is 4.79 Å². The van der Waals surface area contributed by atoms with Gasteiger partial charge < -0.3 is 5.32 Å². The van der Waals surface area contributed by atoms with Crippen molar-refractivity contribution in [1.29, 1.82) is 0 Å². The molecule has 1 aliphatic rings. The molecular weight excluding hydrogens is 200 g/mol. The molecule has 0 saturated heterocycles. The van der Waals surface area contributed by atoms with Crippen molar-refractivity contribution in [2.75, 3.05) is 5.32 Å². The van der Waals surface area contributed by atoms with Gasteiger partial charge in [0.25, 0.3) is 0 Å². The van der Waals surface area contributed by atoms with Crippen LogP contribution in [0, 0.1) is 5.92 Å². The van der Waals surface area contributed by atoms with Gasteiger partial charge in [0, 0.05) is 12.1 Å². The molecule has 84 valence electrons. The zero-order valence-corrected chi connectivity index (χ0v) is 9.66. The third kappa shape index (κ3) is 1.98. The summed E-state index contributed by atoms with van der Waals surface area (Å²) in [5.74, 6) is 1.06. The van der Waals surface area contributed by atoms with Gasteiger partial charge >= 0.3 is 0 Å². The lowest BCUT2D eigenvalue weighted by Crippen LogP contribution is -2.13. The van der Waals surface area contributed by atoms with Crippen LogP contribution in [-0.2, 0) is 4.79 Å². The molecule has 3 heteroatoms. The molecule has 1 N–H and O–H groups in total. The summed E-state index contributed by atoms with van der Waals surface area (Å²) in [7, 11) is 0. The van der Waals surface area contributed by atoms with Crippen molar-refractivity contribution in [2.45, 2.75) is 26.7 Å². The summed E-state index contributed by atoms with van der Waals surface area (Å²) >= 11 is 0. The van der Waals surface area contributed by atoms with Gasteiger partial charge in [-0.15, -0.1) is 0 Å². The molecule has 1 aliphatic carbocycles. The van der Waals surface area contributed by atoms with Gasteiger partial charge in [0.2, 0.25) is 0 Å². The average molecular weight is 216 g/mol. The highest BCUT2D eigenvalue weighted by Crippen LogP contribution is 2.30. The molecule has 1 aromatic heterocycles. The van der Waals surface area contributed by atoms with Crippen molar-refractivity contribution in [3.05, 3.63) is 35.7 Å². The summed E-state index contributed by atoms with van der Waals surface area (Å²) in [5, 5.41) is 3.14. The molecule has 0 spiro atoms. The first-order valence-electron chi connectivity index (χ1n) is 5.66. The Morgan fingerprint density at radius 1 is 1.50 bits per heavy atom. The molecule has 0 amide bonds. The molecule has 0 aliphatic heterocycles. The number of nitrogens with zero attached hydrogens (tertiary/aromatic N) is 1. The van der Waals surface area contributed by atoms with E-state index in [4.69, 9.17) is 0 Å². The number of ketones is 1. The fraction of sp³-hybridized carbons (Fsp3) is 0.385. The van der Waals surface area contributed by atoms with E-state index in [-0.39, 0.29) is 11.7 Å². The summed E-state index contributed by atoms with van der Waals surface area (Å²) in [6.07, 6.45) is 3.52. The first-order valence-corrected chi connectivity index (χ1v) is 5.66. The Hall–Kier alpha value is -1.64. The van der Waals surface area contributed by atoms with Crippen LogP contribution >= 0.6 is 0 Å². The van der Waals surface area contributed by atoms with Gasteiger partial charge in [0.1, 0.15) is 5.82 Å². The first-order chi connectivity index (χ1) is 7.72. The van der Waals surface area contributed by atoms with Crippen LogP contribution in [0.2, 0.25) is 0 Å². The Bertz CT molecular complexity index is 423. The van der Waals surface area contributed by atoms with E-state index < -0.39 is 0 Å². The summed E-state index contributed by atoms with van der Waals surface area (Å²) in [5.41, 5.74) is 1.97. The number of Topliss-reactive ketones (excluding diaryl/α,β-unsaturated/α-hetero) is 1. The van der Waals surface area contributed by atoms with Gasteiger partial charge in [-0.3, -0.25) is 4.79 Å². The van der Waals surface area contributed by atoms with Crippen LogP contribution in [0.3, 0.4) is 0 Å². The largest absolute Gasteiger partial charge is 0.337 e. The second kappa shape index (κ2) is 4.47. The third-order valence-corrected chi connectivity index (χ3v) is 2.94. The average Bonchev–Trinajstić information content (AvgIpc) is 2.58. The van der Waals surface area contributed by atoms with E-state index in [2.05, 4.69) is 17.2 Å². The van der Waals surface area contributed by atoms with Crippen molar-refractivity contribution in [3.8, 4) is 0 Å². The molecule has 3 nitrogen and oxygen atoms in total. The Balaban J connectivity index is 2.23. The summed E-state index contributed by atoms with van der Waals surface area (Å²) in [6.45, 7) is 4.06. The molecule has 0 saturated carbocycles. The van der Waals surface area contributed by atoms with Crippen molar-refractivity contribution in [2.24, 2.45) is 5.92 Å². The quantitative estimate of drug-likeness (QED) is 0.844. The lowest BCUT2D eigenvalue weighted by atomic mass is 10.1. The van der Waals surface area contributed by atoms with Gasteiger partial charge in [-0.25, -0.2) is 4.98 Å². The number of hydrogen-bond acceptors (Lipinski definition) is 3. The minimum atomic E-state index is 0.112. The zero-order chi connectivity index (χ0) is 11.5. The minimum absolute atomic E-state index is 0.112. The molecule has 2 rings (SSSR count). The molecular formula is C13H16N2O. The number of rotatable bonds is 3. The number of carbonyl (C=O) groups excluding carboxylic acids is 1. The van der Waals surface area contributed by atoms with E-state index in [1.807, 2.05) is 25.1 Å². The Morgan fingerprint density at radius 3 is 2.94 bits per heavy atom. The number of carbonyl (C=O) groups is 1. The van der Waals surface area contributed by atoms with Crippen LogP contribution < -0.4 is 5.32 Å². The number of allylic oxidation sites excluding steroid dienone is 2. The van der Waals surface area contributed by atoms with E-state index >= 15 is 0 Å². The molecule has 1 aromatic rings. The SMILES string of the molecule is CCC1=C(Nc2ccccn2)C(=O)C(C)C1. The van der Waals surface area contributed by atoms with Crippen molar-refractivity contribution in [1.82, 2.24) is 4.98 Å². The molecule has 1 heterocycles. The molecule has 0 aromatic carbocycles. The number of pyridine rings is 1. The van der Waals surface area contributed by atoms with Crippen molar-refractivity contribution >= 4 is 11.6 Å². The van der Waals surface area contributed by atoms with Gasteiger partial charge in [0.05, 0.1) is 5.70 Å². The maximum absolute atomic E-state index is 11.9. The second-order valence-corrected chi connectivity index (χ2v) is 4.14. The Morgan fingerprint density at radius 2 is 2.31 bits per heavy atom. The van der Waals surface area contributed by atoms with Crippen LogP contribution in [0.5, 0.6) is 0 Å². The topological polar surface area (TPSA) is 42.0 Å². The van der Waals surface area contributed by atoms with Crippen molar-refractivity contribution < 1.29 is 4.79 Å². The number of aromatic nitrogens is 1. The number of nitrogens with one attached hydrogen (secondary N) is 1. The van der Waals surface area contributed by atoms with Crippen LogP contribution in [0.15, 0.2) is 35.7 Å². The first kappa shape index (κ1) is 10.9. The second-order valence-electron chi connectivity index (χ2n) is 4.14. The highest BCUT2D eigenvalue weighted by atomic mass is 16.1. The monoisotopic (exact) mass is 216 g/mol. The molecule has 16 heavy (non-hydrogen) atoms. The maximum atomic E-state index is 11.9. The molecule has 0 bridgehead atoms. The summed E-state index contributed by atoms with van der Waals surface area (Å²) in [6, 6.07) is 5.64. The summed E-state index contributed by atoms with van der Waals surface area (Å²) in [4.78, 5) is 16.1. The highest BCUT2D eigenvalue weighted by molar-refractivity contribution is 6.02. The Kier molecular flexibility index (Phi) is 3.04. The smallest absolute Gasteiger partial charge is 0.182 e. The van der Waals surface area contributed by atoms with E-state index in [0.717, 1.165) is 24.4 Å². The fourth-order valence-corrected chi connectivity index (χ4v) is 2.02. The van der Waals surface area contributed by atoms with Gasteiger partial charge in [-0.2, -0.15) is 0 Å². The number of hydrogen-bond donors (Lipinski definition) is 1. The van der Waals surface area contributed by atoms with Gasteiger partial charge in [-0.05, 0) is 30.5 Å². The highest BCUT2D eigenvalue weighted by Gasteiger charge is 2.28. The number of anilines is 1. The molecule has 1 atom stereocenters. The lowest BCUT2D eigenvalue weighted by Gasteiger charge is -2.07. The molecule has 0 radical (unpaired) electrons. The molecule has 1 unspecified atom stereocenters. The van der Waals surface area contributed by atoms with Crippen LogP contribution in [0.25, 0.3) is 0 Å². The van der Waals surface area contributed by atoms with E-state index in [1.165, 1.54) is 5.57 Å². The van der Waals surface area contributed by atoms with Crippen LogP contribution in [0.1, 0.15) is 26.7 Å².